The molecule has 1 saturated carbocycles. The van der Waals surface area contributed by atoms with E-state index in [4.69, 9.17) is 0 Å². The molecule has 0 radical (unpaired) electrons. The number of rotatable bonds is 4. The number of fused-ring (bicyclic) bond motifs is 1. The second kappa shape index (κ2) is 8.52. The number of hydrogen-bond acceptors (Lipinski definition) is 4. The predicted octanol–water partition coefficient (Wildman–Crippen LogP) is 3.44. The number of anilines is 2. The van der Waals surface area contributed by atoms with E-state index in [-0.39, 0.29) is 17.9 Å². The zero-order chi connectivity index (χ0) is 19.3. The monoisotopic (exact) mass is 378 g/mol. The van der Waals surface area contributed by atoms with Gasteiger partial charge in [0.05, 0.1) is 6.04 Å². The van der Waals surface area contributed by atoms with E-state index in [2.05, 4.69) is 20.9 Å². The number of aromatic nitrogens is 1. The SMILES string of the molecule is O=C(Nc1ccncc1)c1cccc(NC(=O)C2NCCC3CCCCC32)c1. The number of benzene rings is 1. The molecule has 4 rings (SSSR count). The Balaban J connectivity index is 1.42. The molecule has 3 atom stereocenters. The average Bonchev–Trinajstić information content (AvgIpc) is 2.74. The maximum absolute atomic E-state index is 12.9. The molecule has 1 aliphatic carbocycles. The number of amides is 2. The van der Waals surface area contributed by atoms with Crippen molar-refractivity contribution in [1.29, 1.82) is 0 Å². The summed E-state index contributed by atoms with van der Waals surface area (Å²) in [5.41, 5.74) is 1.83. The topological polar surface area (TPSA) is 83.1 Å². The van der Waals surface area contributed by atoms with Crippen molar-refractivity contribution in [1.82, 2.24) is 10.3 Å². The molecular weight excluding hydrogens is 352 g/mol. The van der Waals surface area contributed by atoms with Crippen molar-refractivity contribution < 1.29 is 9.59 Å². The molecule has 146 valence electrons. The van der Waals surface area contributed by atoms with Gasteiger partial charge in [0.25, 0.3) is 5.91 Å². The van der Waals surface area contributed by atoms with Gasteiger partial charge in [0.1, 0.15) is 0 Å². The molecule has 28 heavy (non-hydrogen) atoms. The Kier molecular flexibility index (Phi) is 5.67. The van der Waals surface area contributed by atoms with Gasteiger partial charge < -0.3 is 16.0 Å². The van der Waals surface area contributed by atoms with E-state index in [1.807, 2.05) is 6.07 Å². The quantitative estimate of drug-likeness (QED) is 0.761. The highest BCUT2D eigenvalue weighted by molar-refractivity contribution is 6.05. The van der Waals surface area contributed by atoms with Gasteiger partial charge >= 0.3 is 0 Å². The average molecular weight is 378 g/mol. The molecule has 1 saturated heterocycles. The van der Waals surface area contributed by atoms with Crippen LogP contribution in [0.15, 0.2) is 48.8 Å². The summed E-state index contributed by atoms with van der Waals surface area (Å²) < 4.78 is 0. The lowest BCUT2D eigenvalue weighted by Crippen LogP contribution is -2.53. The Morgan fingerprint density at radius 1 is 0.964 bits per heavy atom. The number of carbonyl (C=O) groups is 2. The Morgan fingerprint density at radius 2 is 1.79 bits per heavy atom. The van der Waals surface area contributed by atoms with Crippen LogP contribution in [0.25, 0.3) is 0 Å². The van der Waals surface area contributed by atoms with Gasteiger partial charge in [-0.3, -0.25) is 14.6 Å². The first-order chi connectivity index (χ1) is 13.7. The summed E-state index contributed by atoms with van der Waals surface area (Å²) in [6, 6.07) is 10.4. The van der Waals surface area contributed by atoms with Crippen LogP contribution in [0, 0.1) is 11.8 Å². The van der Waals surface area contributed by atoms with Crippen LogP contribution in [-0.4, -0.2) is 29.4 Å². The Labute approximate surface area is 165 Å². The number of piperidine rings is 1. The van der Waals surface area contributed by atoms with Crippen molar-refractivity contribution in [2.24, 2.45) is 11.8 Å². The van der Waals surface area contributed by atoms with E-state index in [0.717, 1.165) is 13.0 Å². The molecule has 2 fully saturated rings. The van der Waals surface area contributed by atoms with Crippen molar-refractivity contribution in [2.75, 3.05) is 17.2 Å². The van der Waals surface area contributed by atoms with Gasteiger partial charge in [0.15, 0.2) is 0 Å². The highest BCUT2D eigenvalue weighted by Crippen LogP contribution is 2.37. The van der Waals surface area contributed by atoms with E-state index in [1.165, 1.54) is 25.7 Å². The molecule has 0 bridgehead atoms. The molecule has 6 heteroatoms. The first-order valence-electron chi connectivity index (χ1n) is 10.1. The van der Waals surface area contributed by atoms with Gasteiger partial charge in [0.2, 0.25) is 5.91 Å². The highest BCUT2D eigenvalue weighted by Gasteiger charge is 2.38. The van der Waals surface area contributed by atoms with Gasteiger partial charge in [-0.05, 0) is 61.6 Å². The van der Waals surface area contributed by atoms with E-state index in [9.17, 15) is 9.59 Å². The summed E-state index contributed by atoms with van der Waals surface area (Å²) in [5.74, 6) is 0.859. The van der Waals surface area contributed by atoms with Gasteiger partial charge in [-0.25, -0.2) is 0 Å². The molecule has 6 nitrogen and oxygen atoms in total. The van der Waals surface area contributed by atoms with Crippen LogP contribution in [0.2, 0.25) is 0 Å². The Hall–Kier alpha value is -2.73. The first-order valence-corrected chi connectivity index (χ1v) is 10.1. The minimum atomic E-state index is -0.217. The standard InChI is InChI=1S/C22H26N4O2/c27-21(25-17-9-11-23-12-10-17)16-5-3-6-18(14-16)26-22(28)20-19-7-2-1-4-15(19)8-13-24-20/h3,5-6,9-12,14-15,19-20,24H,1-2,4,7-8,13H2,(H,26,28)(H,23,25,27). The molecule has 0 spiro atoms. The second-order valence-corrected chi connectivity index (χ2v) is 7.69. The van der Waals surface area contributed by atoms with E-state index >= 15 is 0 Å². The number of hydrogen-bond donors (Lipinski definition) is 3. The normalized spacial score (nSPS) is 24.1. The van der Waals surface area contributed by atoms with Crippen LogP contribution in [0.3, 0.4) is 0 Å². The molecule has 3 N–H and O–H groups in total. The maximum atomic E-state index is 12.9. The minimum absolute atomic E-state index is 0.00305. The second-order valence-electron chi connectivity index (χ2n) is 7.69. The Morgan fingerprint density at radius 3 is 2.64 bits per heavy atom. The molecule has 1 aromatic carbocycles. The van der Waals surface area contributed by atoms with Crippen LogP contribution in [0.1, 0.15) is 42.5 Å². The molecule has 2 aromatic rings. The smallest absolute Gasteiger partial charge is 0.255 e. The lowest BCUT2D eigenvalue weighted by Gasteiger charge is -2.41. The fourth-order valence-electron chi connectivity index (χ4n) is 4.49. The third kappa shape index (κ3) is 4.22. The van der Waals surface area contributed by atoms with Crippen LogP contribution in [-0.2, 0) is 4.79 Å². The van der Waals surface area contributed by atoms with Crippen molar-refractivity contribution in [3.63, 3.8) is 0 Å². The minimum Gasteiger partial charge on any atom is -0.325 e. The number of carbonyl (C=O) groups excluding carboxylic acids is 2. The molecule has 2 amide bonds. The lowest BCUT2D eigenvalue weighted by atomic mass is 9.71. The zero-order valence-electron chi connectivity index (χ0n) is 15.9. The van der Waals surface area contributed by atoms with E-state index in [1.54, 1.807) is 42.7 Å². The van der Waals surface area contributed by atoms with Crippen molar-refractivity contribution in [2.45, 2.75) is 38.1 Å². The molecule has 2 heterocycles. The summed E-state index contributed by atoms with van der Waals surface area (Å²) in [6.45, 7) is 0.896. The number of nitrogens with one attached hydrogen (secondary N) is 3. The van der Waals surface area contributed by atoms with Crippen LogP contribution < -0.4 is 16.0 Å². The number of nitrogens with zero attached hydrogens (tertiary/aromatic N) is 1. The van der Waals surface area contributed by atoms with Gasteiger partial charge in [-0.2, -0.15) is 0 Å². The summed E-state index contributed by atoms with van der Waals surface area (Å²) >= 11 is 0. The van der Waals surface area contributed by atoms with Crippen molar-refractivity contribution in [3.8, 4) is 0 Å². The van der Waals surface area contributed by atoms with Crippen molar-refractivity contribution >= 4 is 23.2 Å². The zero-order valence-corrected chi connectivity index (χ0v) is 15.9. The van der Waals surface area contributed by atoms with E-state index < -0.39 is 0 Å². The van der Waals surface area contributed by atoms with Crippen LogP contribution >= 0.6 is 0 Å². The molecule has 1 aromatic heterocycles. The molecule has 3 unspecified atom stereocenters. The summed E-state index contributed by atoms with van der Waals surface area (Å²) in [4.78, 5) is 29.3. The largest absolute Gasteiger partial charge is 0.325 e. The number of pyridine rings is 1. The highest BCUT2D eigenvalue weighted by atomic mass is 16.2. The third-order valence-electron chi connectivity index (χ3n) is 5.89. The van der Waals surface area contributed by atoms with Crippen LogP contribution in [0.4, 0.5) is 11.4 Å². The van der Waals surface area contributed by atoms with Gasteiger partial charge in [-0.1, -0.05) is 25.3 Å². The molecule has 1 aliphatic heterocycles. The molecular formula is C22H26N4O2. The first kappa shape index (κ1) is 18.6. The third-order valence-corrected chi connectivity index (χ3v) is 5.89. The fourth-order valence-corrected chi connectivity index (χ4v) is 4.49. The summed E-state index contributed by atoms with van der Waals surface area (Å²) in [7, 11) is 0. The summed E-state index contributed by atoms with van der Waals surface area (Å²) in [6.07, 6.45) is 9.26. The van der Waals surface area contributed by atoms with Gasteiger partial charge in [0, 0.05) is 29.3 Å². The molecule has 2 aliphatic rings. The van der Waals surface area contributed by atoms with Crippen molar-refractivity contribution in [3.05, 3.63) is 54.4 Å². The van der Waals surface area contributed by atoms with E-state index in [0.29, 0.717) is 28.8 Å². The Bertz CT molecular complexity index is 837. The summed E-state index contributed by atoms with van der Waals surface area (Å²) in [5, 5.41) is 9.26. The van der Waals surface area contributed by atoms with Crippen LogP contribution in [0.5, 0.6) is 0 Å². The lowest BCUT2D eigenvalue weighted by molar-refractivity contribution is -0.121. The maximum Gasteiger partial charge on any atom is 0.255 e. The predicted molar refractivity (Wildman–Crippen MR) is 109 cm³/mol. The fraction of sp³-hybridized carbons (Fsp3) is 0.409. The van der Waals surface area contributed by atoms with Gasteiger partial charge in [-0.15, -0.1) is 0 Å².